The summed E-state index contributed by atoms with van der Waals surface area (Å²) in [5.74, 6) is 2.05. The molecule has 110 valence electrons. The molecule has 1 heterocycles. The van der Waals surface area contributed by atoms with E-state index in [1.54, 1.807) is 0 Å². The van der Waals surface area contributed by atoms with E-state index in [0.29, 0.717) is 23.2 Å². The number of fused-ring (bicyclic) bond motifs is 1. The van der Waals surface area contributed by atoms with Gasteiger partial charge in [0.1, 0.15) is 12.1 Å². The third-order valence-electron chi connectivity index (χ3n) is 5.09. The maximum absolute atomic E-state index is 11.5. The number of hydrogen-bond acceptors (Lipinski definition) is 5. The highest BCUT2D eigenvalue weighted by atomic mass is 32.2. The minimum atomic E-state index is -3.28. The fraction of sp³-hybridized carbons (Fsp3) is 0.714. The standard InChI is InChI=1S/C14H21N3O2S/c1-9(2)14-5-4-11(10(14)7-14)17-12-6-13(16-8-15-12)20(3,18)19/h6,8-11H,4-5,7H2,1-3H3,(H,15,16,17)/t10-,11-,14-/m0/s1. The predicted molar refractivity (Wildman–Crippen MR) is 77.2 cm³/mol. The largest absolute Gasteiger partial charge is 0.367 e. The molecule has 0 amide bonds. The van der Waals surface area contributed by atoms with Crippen LogP contribution in [0.15, 0.2) is 17.4 Å². The second kappa shape index (κ2) is 4.41. The Labute approximate surface area is 120 Å². The Morgan fingerprint density at radius 1 is 1.40 bits per heavy atom. The molecule has 0 aliphatic heterocycles. The van der Waals surface area contributed by atoms with Gasteiger partial charge >= 0.3 is 0 Å². The Kier molecular flexibility index (Phi) is 3.04. The lowest BCUT2D eigenvalue weighted by atomic mass is 9.90. The zero-order valence-corrected chi connectivity index (χ0v) is 12.9. The fourth-order valence-corrected chi connectivity index (χ4v) is 4.31. The second-order valence-electron chi connectivity index (χ2n) is 6.50. The van der Waals surface area contributed by atoms with E-state index in [2.05, 4.69) is 29.1 Å². The summed E-state index contributed by atoms with van der Waals surface area (Å²) in [7, 11) is -3.28. The van der Waals surface area contributed by atoms with Crippen LogP contribution >= 0.6 is 0 Å². The van der Waals surface area contributed by atoms with Crippen molar-refractivity contribution >= 4 is 15.7 Å². The molecule has 3 rings (SSSR count). The molecule has 20 heavy (non-hydrogen) atoms. The van der Waals surface area contributed by atoms with Gasteiger partial charge in [0.25, 0.3) is 0 Å². The fourth-order valence-electron chi connectivity index (χ4n) is 3.74. The van der Waals surface area contributed by atoms with Crippen molar-refractivity contribution in [1.82, 2.24) is 9.97 Å². The molecule has 0 radical (unpaired) electrons. The van der Waals surface area contributed by atoms with Crippen molar-refractivity contribution in [2.24, 2.45) is 17.3 Å². The van der Waals surface area contributed by atoms with E-state index in [4.69, 9.17) is 0 Å². The van der Waals surface area contributed by atoms with E-state index >= 15 is 0 Å². The SMILES string of the molecule is CC(C)[C@@]12CC[C@H](Nc3cc(S(C)(=O)=O)ncn3)[C@@H]1C2. The Morgan fingerprint density at radius 2 is 2.15 bits per heavy atom. The number of anilines is 1. The lowest BCUT2D eigenvalue weighted by molar-refractivity contribution is 0.343. The van der Waals surface area contributed by atoms with Gasteiger partial charge in [-0.2, -0.15) is 0 Å². The average Bonchev–Trinajstić information content (AvgIpc) is 3.02. The molecule has 5 nitrogen and oxygen atoms in total. The van der Waals surface area contributed by atoms with Crippen LogP contribution in [0, 0.1) is 17.3 Å². The van der Waals surface area contributed by atoms with Gasteiger partial charge in [-0.25, -0.2) is 18.4 Å². The van der Waals surface area contributed by atoms with Crippen LogP contribution in [0.3, 0.4) is 0 Å². The average molecular weight is 295 g/mol. The van der Waals surface area contributed by atoms with Gasteiger partial charge in [-0.05, 0) is 36.5 Å². The highest BCUT2D eigenvalue weighted by Gasteiger charge is 2.62. The van der Waals surface area contributed by atoms with Crippen LogP contribution in [-0.2, 0) is 9.84 Å². The molecular formula is C14H21N3O2S. The molecule has 0 spiro atoms. The second-order valence-corrected chi connectivity index (χ2v) is 8.46. The molecule has 1 aromatic heterocycles. The molecule has 0 aromatic carbocycles. The van der Waals surface area contributed by atoms with Crippen LogP contribution in [0.2, 0.25) is 0 Å². The monoisotopic (exact) mass is 295 g/mol. The van der Waals surface area contributed by atoms with Crippen molar-refractivity contribution in [3.63, 3.8) is 0 Å². The van der Waals surface area contributed by atoms with E-state index in [1.807, 2.05) is 0 Å². The van der Waals surface area contributed by atoms with Crippen LogP contribution in [0.1, 0.15) is 33.1 Å². The summed E-state index contributed by atoms with van der Waals surface area (Å²) in [5, 5.41) is 3.49. The summed E-state index contributed by atoms with van der Waals surface area (Å²) in [6, 6.07) is 1.95. The lowest BCUT2D eigenvalue weighted by Gasteiger charge is -2.15. The molecule has 2 aliphatic rings. The Balaban J connectivity index is 1.74. The van der Waals surface area contributed by atoms with Gasteiger partial charge in [0, 0.05) is 18.4 Å². The van der Waals surface area contributed by atoms with Gasteiger partial charge in [0.05, 0.1) is 0 Å². The lowest BCUT2D eigenvalue weighted by Crippen LogP contribution is -2.20. The maximum Gasteiger partial charge on any atom is 0.192 e. The smallest absolute Gasteiger partial charge is 0.192 e. The Hall–Kier alpha value is -1.17. The maximum atomic E-state index is 11.5. The summed E-state index contributed by atoms with van der Waals surface area (Å²) in [4.78, 5) is 7.97. The van der Waals surface area contributed by atoms with E-state index < -0.39 is 9.84 Å². The normalized spacial score (nSPS) is 32.2. The number of rotatable bonds is 4. The molecule has 6 heteroatoms. The van der Waals surface area contributed by atoms with Gasteiger partial charge in [-0.15, -0.1) is 0 Å². The molecule has 0 unspecified atom stereocenters. The number of aromatic nitrogens is 2. The topological polar surface area (TPSA) is 72.0 Å². The van der Waals surface area contributed by atoms with Crippen LogP contribution < -0.4 is 5.32 Å². The minimum absolute atomic E-state index is 0.0823. The van der Waals surface area contributed by atoms with E-state index in [9.17, 15) is 8.42 Å². The summed E-state index contributed by atoms with van der Waals surface area (Å²) in [5.41, 5.74) is 0.518. The number of hydrogen-bond donors (Lipinski definition) is 1. The van der Waals surface area contributed by atoms with Crippen LogP contribution in [0.5, 0.6) is 0 Å². The van der Waals surface area contributed by atoms with Gasteiger partial charge in [0.15, 0.2) is 14.9 Å². The third kappa shape index (κ3) is 2.20. The zero-order valence-electron chi connectivity index (χ0n) is 12.1. The molecule has 1 N–H and O–H groups in total. The molecule has 2 fully saturated rings. The molecular weight excluding hydrogens is 274 g/mol. The Bertz CT molecular complexity index is 629. The molecule has 2 saturated carbocycles. The van der Waals surface area contributed by atoms with Crippen LogP contribution in [-0.4, -0.2) is 30.7 Å². The number of sulfone groups is 1. The van der Waals surface area contributed by atoms with Crippen LogP contribution in [0.4, 0.5) is 5.82 Å². The predicted octanol–water partition coefficient (Wildman–Crippen LogP) is 2.12. The third-order valence-corrected chi connectivity index (χ3v) is 6.07. The van der Waals surface area contributed by atoms with Crippen molar-refractivity contribution in [1.29, 1.82) is 0 Å². The first kappa shape index (κ1) is 13.8. The summed E-state index contributed by atoms with van der Waals surface area (Å²) in [6.07, 6.45) is 6.17. The van der Waals surface area contributed by atoms with Crippen LogP contribution in [0.25, 0.3) is 0 Å². The number of nitrogens with one attached hydrogen (secondary N) is 1. The summed E-state index contributed by atoms with van der Waals surface area (Å²) >= 11 is 0. The quantitative estimate of drug-likeness (QED) is 0.861. The number of nitrogens with zero attached hydrogens (tertiary/aromatic N) is 2. The van der Waals surface area contributed by atoms with E-state index in [-0.39, 0.29) is 5.03 Å². The molecule has 0 bridgehead atoms. The van der Waals surface area contributed by atoms with Gasteiger partial charge in [-0.1, -0.05) is 13.8 Å². The molecule has 1 aromatic rings. The molecule has 3 atom stereocenters. The first-order chi connectivity index (χ1) is 9.33. The van der Waals surface area contributed by atoms with Crippen molar-refractivity contribution in [3.05, 3.63) is 12.4 Å². The zero-order chi connectivity index (χ0) is 14.5. The first-order valence-corrected chi connectivity index (χ1v) is 9.01. The van der Waals surface area contributed by atoms with Crippen molar-refractivity contribution in [2.45, 2.75) is 44.2 Å². The van der Waals surface area contributed by atoms with E-state index in [1.165, 1.54) is 31.5 Å². The summed E-state index contributed by atoms with van der Waals surface area (Å²) < 4.78 is 23.0. The van der Waals surface area contributed by atoms with Gasteiger partial charge in [0.2, 0.25) is 0 Å². The minimum Gasteiger partial charge on any atom is -0.367 e. The highest BCUT2D eigenvalue weighted by Crippen LogP contribution is 2.67. The highest BCUT2D eigenvalue weighted by molar-refractivity contribution is 7.90. The first-order valence-electron chi connectivity index (χ1n) is 7.11. The molecule has 0 saturated heterocycles. The van der Waals surface area contributed by atoms with E-state index in [0.717, 1.165) is 12.3 Å². The van der Waals surface area contributed by atoms with Gasteiger partial charge < -0.3 is 5.32 Å². The summed E-state index contributed by atoms with van der Waals surface area (Å²) in [6.45, 7) is 4.60. The van der Waals surface area contributed by atoms with Crippen molar-refractivity contribution < 1.29 is 8.42 Å². The van der Waals surface area contributed by atoms with Gasteiger partial charge in [-0.3, -0.25) is 0 Å². The Morgan fingerprint density at radius 3 is 2.70 bits per heavy atom. The van der Waals surface area contributed by atoms with Crippen molar-refractivity contribution in [2.75, 3.05) is 11.6 Å². The van der Waals surface area contributed by atoms with Crippen molar-refractivity contribution in [3.8, 4) is 0 Å². The molecule has 2 aliphatic carbocycles.